The topological polar surface area (TPSA) is 92.4 Å². The van der Waals surface area contributed by atoms with Crippen LogP contribution in [0, 0.1) is 11.3 Å². The van der Waals surface area contributed by atoms with Gasteiger partial charge in [0.1, 0.15) is 18.1 Å². The summed E-state index contributed by atoms with van der Waals surface area (Å²) in [5.74, 6) is 0.483. The minimum atomic E-state index is -1.04. The number of aromatic carboxylic acids is 1. The van der Waals surface area contributed by atoms with Crippen LogP contribution < -0.4 is 9.47 Å². The van der Waals surface area contributed by atoms with Crippen LogP contribution in [0.1, 0.15) is 21.5 Å². The lowest BCUT2D eigenvalue weighted by Crippen LogP contribution is -1.97. The van der Waals surface area contributed by atoms with Crippen molar-refractivity contribution in [3.63, 3.8) is 0 Å². The number of aromatic nitrogens is 1. The lowest BCUT2D eigenvalue weighted by Gasteiger charge is -2.08. The van der Waals surface area contributed by atoms with E-state index in [4.69, 9.17) is 19.8 Å². The number of hydrogen-bond acceptors (Lipinski definition) is 5. The molecule has 0 bridgehead atoms. The second kappa shape index (κ2) is 7.81. The first kappa shape index (κ1) is 17.0. The fourth-order valence-corrected chi connectivity index (χ4v) is 2.19. The molecule has 26 heavy (non-hydrogen) atoms. The molecule has 0 aliphatic carbocycles. The molecular weight excluding hydrogens is 332 g/mol. The molecule has 0 saturated heterocycles. The van der Waals surface area contributed by atoms with Crippen LogP contribution in [0.5, 0.6) is 17.4 Å². The van der Waals surface area contributed by atoms with Crippen molar-refractivity contribution in [1.29, 1.82) is 5.26 Å². The highest BCUT2D eigenvalue weighted by molar-refractivity contribution is 5.87. The highest BCUT2D eigenvalue weighted by atomic mass is 16.5. The van der Waals surface area contributed by atoms with Crippen LogP contribution in [0.4, 0.5) is 0 Å². The molecule has 128 valence electrons. The summed E-state index contributed by atoms with van der Waals surface area (Å²) in [7, 11) is 0. The van der Waals surface area contributed by atoms with E-state index >= 15 is 0 Å². The molecule has 2 aromatic carbocycles. The number of nitrogens with zero attached hydrogens (tertiary/aromatic N) is 2. The van der Waals surface area contributed by atoms with Crippen LogP contribution in [-0.4, -0.2) is 16.1 Å². The predicted octanol–water partition coefficient (Wildman–Crippen LogP) is 4.02. The van der Waals surface area contributed by atoms with Crippen LogP contribution in [0.15, 0.2) is 66.9 Å². The van der Waals surface area contributed by atoms with Crippen molar-refractivity contribution in [2.75, 3.05) is 0 Å². The summed E-state index contributed by atoms with van der Waals surface area (Å²) in [6.07, 6.45) is 1.24. The maximum absolute atomic E-state index is 10.8. The molecule has 3 aromatic rings. The zero-order chi connectivity index (χ0) is 18.4. The first-order valence-corrected chi connectivity index (χ1v) is 7.73. The Labute approximate surface area is 149 Å². The minimum Gasteiger partial charge on any atom is -0.489 e. The Morgan fingerprint density at radius 2 is 1.85 bits per heavy atom. The maximum Gasteiger partial charge on any atom is 0.337 e. The summed E-state index contributed by atoms with van der Waals surface area (Å²) in [5.41, 5.74) is 1.60. The summed E-state index contributed by atoms with van der Waals surface area (Å²) >= 11 is 0. The van der Waals surface area contributed by atoms with Crippen LogP contribution in [-0.2, 0) is 6.61 Å². The van der Waals surface area contributed by atoms with Crippen LogP contribution in [0.3, 0.4) is 0 Å². The smallest absolute Gasteiger partial charge is 0.337 e. The van der Waals surface area contributed by atoms with Gasteiger partial charge in [-0.15, -0.1) is 0 Å². The Bertz CT molecular complexity index is 945. The zero-order valence-electron chi connectivity index (χ0n) is 13.6. The van der Waals surface area contributed by atoms with Gasteiger partial charge in [-0.1, -0.05) is 12.1 Å². The average molecular weight is 346 g/mol. The van der Waals surface area contributed by atoms with Crippen molar-refractivity contribution < 1.29 is 19.4 Å². The van der Waals surface area contributed by atoms with Gasteiger partial charge in [0.2, 0.25) is 5.88 Å². The van der Waals surface area contributed by atoms with Crippen molar-refractivity contribution >= 4 is 5.97 Å². The van der Waals surface area contributed by atoms with Gasteiger partial charge in [-0.05, 0) is 48.0 Å². The van der Waals surface area contributed by atoms with Crippen molar-refractivity contribution in [3.05, 3.63) is 83.6 Å². The van der Waals surface area contributed by atoms with E-state index in [0.717, 1.165) is 5.56 Å². The Morgan fingerprint density at radius 3 is 2.50 bits per heavy atom. The second-order valence-electron chi connectivity index (χ2n) is 5.36. The van der Waals surface area contributed by atoms with Crippen molar-refractivity contribution in [2.24, 2.45) is 0 Å². The molecule has 0 aliphatic rings. The quantitative estimate of drug-likeness (QED) is 0.724. The molecule has 0 spiro atoms. The normalized spacial score (nSPS) is 9.96. The van der Waals surface area contributed by atoms with Gasteiger partial charge in [0.15, 0.2) is 0 Å². The third-order valence-electron chi connectivity index (χ3n) is 3.49. The maximum atomic E-state index is 10.8. The number of carbonyl (C=O) groups is 1. The standard InChI is InChI=1S/C20H14N2O4/c21-11-14-2-1-3-15(10-14)13-25-17-5-7-18(8-6-17)26-19-9-4-16(12-22-19)20(23)24/h1-10,12H,13H2,(H,23,24). The average Bonchev–Trinajstić information content (AvgIpc) is 2.68. The monoisotopic (exact) mass is 346 g/mol. The number of carboxylic acids is 1. The second-order valence-corrected chi connectivity index (χ2v) is 5.36. The number of ether oxygens (including phenoxy) is 2. The number of benzene rings is 2. The van der Waals surface area contributed by atoms with Gasteiger partial charge in [-0.25, -0.2) is 9.78 Å². The Balaban J connectivity index is 1.59. The van der Waals surface area contributed by atoms with E-state index < -0.39 is 5.97 Å². The van der Waals surface area contributed by atoms with Gasteiger partial charge in [-0.3, -0.25) is 0 Å². The van der Waals surface area contributed by atoms with Crippen LogP contribution >= 0.6 is 0 Å². The molecule has 0 amide bonds. The molecule has 1 heterocycles. The van der Waals surface area contributed by atoms with Gasteiger partial charge in [0.25, 0.3) is 0 Å². The van der Waals surface area contributed by atoms with Gasteiger partial charge < -0.3 is 14.6 Å². The Morgan fingerprint density at radius 1 is 1.08 bits per heavy atom. The molecule has 0 atom stereocenters. The lowest BCUT2D eigenvalue weighted by atomic mass is 10.1. The zero-order valence-corrected chi connectivity index (χ0v) is 13.6. The highest BCUT2D eigenvalue weighted by Crippen LogP contribution is 2.23. The largest absolute Gasteiger partial charge is 0.489 e. The third kappa shape index (κ3) is 4.36. The van der Waals surface area contributed by atoms with E-state index in [2.05, 4.69) is 11.1 Å². The van der Waals surface area contributed by atoms with Crippen LogP contribution in [0.25, 0.3) is 0 Å². The first-order chi connectivity index (χ1) is 12.6. The summed E-state index contributed by atoms with van der Waals surface area (Å²) < 4.78 is 11.3. The number of rotatable bonds is 6. The number of pyridine rings is 1. The summed E-state index contributed by atoms with van der Waals surface area (Å²) in [6.45, 7) is 0.355. The van der Waals surface area contributed by atoms with Gasteiger partial charge in [-0.2, -0.15) is 5.26 Å². The predicted molar refractivity (Wildman–Crippen MR) is 93.2 cm³/mol. The molecule has 1 N–H and O–H groups in total. The molecule has 0 aliphatic heterocycles. The van der Waals surface area contributed by atoms with E-state index in [1.165, 1.54) is 18.3 Å². The lowest BCUT2D eigenvalue weighted by molar-refractivity contribution is 0.0696. The van der Waals surface area contributed by atoms with Crippen molar-refractivity contribution in [2.45, 2.75) is 6.61 Å². The van der Waals surface area contributed by atoms with Gasteiger partial charge in [0.05, 0.1) is 17.2 Å². The van der Waals surface area contributed by atoms with Crippen molar-refractivity contribution in [1.82, 2.24) is 4.98 Å². The Kier molecular flexibility index (Phi) is 5.11. The van der Waals surface area contributed by atoms with Gasteiger partial charge in [0, 0.05) is 12.3 Å². The van der Waals surface area contributed by atoms with Crippen molar-refractivity contribution in [3.8, 4) is 23.4 Å². The summed E-state index contributed by atoms with van der Waals surface area (Å²) in [6, 6.07) is 19.2. The fraction of sp³-hybridized carbons (Fsp3) is 0.0500. The Hall–Kier alpha value is -3.85. The molecule has 6 heteroatoms. The van der Waals surface area contributed by atoms with E-state index in [-0.39, 0.29) is 5.56 Å². The number of carboxylic acid groups (broad SMARTS) is 1. The molecule has 0 saturated carbocycles. The van der Waals surface area contributed by atoms with E-state index in [1.807, 2.05) is 12.1 Å². The molecule has 0 fully saturated rings. The molecule has 3 rings (SSSR count). The third-order valence-corrected chi connectivity index (χ3v) is 3.49. The molecular formula is C20H14N2O4. The SMILES string of the molecule is N#Cc1cccc(COc2ccc(Oc3ccc(C(=O)O)cn3)cc2)c1. The molecule has 0 unspecified atom stereocenters. The summed E-state index contributed by atoms with van der Waals surface area (Å²) in [4.78, 5) is 14.7. The van der Waals surface area contributed by atoms with E-state index in [9.17, 15) is 4.79 Å². The number of nitriles is 1. The van der Waals surface area contributed by atoms with E-state index in [0.29, 0.717) is 29.5 Å². The van der Waals surface area contributed by atoms with Crippen LogP contribution in [0.2, 0.25) is 0 Å². The highest BCUT2D eigenvalue weighted by Gasteiger charge is 2.05. The fourth-order valence-electron chi connectivity index (χ4n) is 2.19. The molecule has 1 aromatic heterocycles. The molecule has 6 nitrogen and oxygen atoms in total. The summed E-state index contributed by atoms with van der Waals surface area (Å²) in [5, 5.41) is 17.7. The molecule has 0 radical (unpaired) electrons. The minimum absolute atomic E-state index is 0.0987. The number of hydrogen-bond donors (Lipinski definition) is 1. The first-order valence-electron chi connectivity index (χ1n) is 7.73. The van der Waals surface area contributed by atoms with E-state index in [1.54, 1.807) is 36.4 Å². The van der Waals surface area contributed by atoms with Gasteiger partial charge >= 0.3 is 5.97 Å².